The quantitative estimate of drug-likeness (QED) is 0.805. The number of ether oxygens (including phenoxy) is 1. The molecule has 1 nitrogen and oxygen atoms in total. The topological polar surface area (TPSA) is 9.23 Å². The van der Waals surface area contributed by atoms with Gasteiger partial charge in [0.25, 0.3) is 0 Å². The molecule has 0 unspecified atom stereocenters. The highest BCUT2D eigenvalue weighted by Gasteiger charge is 2.42. The van der Waals surface area contributed by atoms with Crippen molar-refractivity contribution in [3.8, 4) is 5.75 Å². The zero-order valence-corrected chi connectivity index (χ0v) is 10.6. The van der Waals surface area contributed by atoms with Crippen LogP contribution in [0.4, 0.5) is 0 Å². The third kappa shape index (κ3) is 2.55. The first-order valence-corrected chi connectivity index (χ1v) is 6.23. The molecule has 1 saturated carbocycles. The molecule has 0 N–H and O–H groups in total. The highest BCUT2D eigenvalue weighted by Crippen LogP contribution is 2.47. The van der Waals surface area contributed by atoms with E-state index in [0.29, 0.717) is 22.4 Å². The lowest BCUT2D eigenvalue weighted by molar-refractivity contribution is 0.251. The fourth-order valence-corrected chi connectivity index (χ4v) is 2.28. The largest absolute Gasteiger partial charge is 0.490 e. The molecule has 4 heteroatoms. The number of hydrogen-bond donors (Lipinski definition) is 1. The molecule has 0 bridgehead atoms. The second kappa shape index (κ2) is 4.44. The van der Waals surface area contributed by atoms with Crippen molar-refractivity contribution >= 4 is 35.8 Å². The van der Waals surface area contributed by atoms with Crippen LogP contribution in [0.25, 0.3) is 0 Å². The SMILES string of the molecule is SCC1(COc2c(Cl)cccc2Cl)CC1. The molecular weight excluding hydrogens is 251 g/mol. The predicted molar refractivity (Wildman–Crippen MR) is 67.5 cm³/mol. The van der Waals surface area contributed by atoms with Crippen LogP contribution in [0.2, 0.25) is 10.0 Å². The molecule has 1 aromatic carbocycles. The van der Waals surface area contributed by atoms with Crippen LogP contribution in [-0.2, 0) is 0 Å². The van der Waals surface area contributed by atoms with Crippen LogP contribution < -0.4 is 4.74 Å². The van der Waals surface area contributed by atoms with Crippen LogP contribution in [0.1, 0.15) is 12.8 Å². The Kier molecular flexibility index (Phi) is 3.39. The van der Waals surface area contributed by atoms with E-state index in [1.165, 1.54) is 12.8 Å². The van der Waals surface area contributed by atoms with Crippen LogP contribution in [0, 0.1) is 5.41 Å². The standard InChI is InChI=1S/C11H12Cl2OS/c12-8-2-1-3-9(13)10(8)14-6-11(7-15)4-5-11/h1-3,15H,4-7H2. The van der Waals surface area contributed by atoms with Gasteiger partial charge in [-0.3, -0.25) is 0 Å². The summed E-state index contributed by atoms with van der Waals surface area (Å²) in [6.07, 6.45) is 2.36. The maximum Gasteiger partial charge on any atom is 0.156 e. The van der Waals surface area contributed by atoms with Crippen LogP contribution in [-0.4, -0.2) is 12.4 Å². The van der Waals surface area contributed by atoms with Gasteiger partial charge < -0.3 is 4.74 Å². The molecule has 0 amide bonds. The highest BCUT2D eigenvalue weighted by molar-refractivity contribution is 7.80. The third-order valence-electron chi connectivity index (χ3n) is 2.73. The normalized spacial score (nSPS) is 17.5. The molecule has 0 radical (unpaired) electrons. The minimum absolute atomic E-state index is 0.256. The molecule has 15 heavy (non-hydrogen) atoms. The van der Waals surface area contributed by atoms with Crippen LogP contribution in [0.5, 0.6) is 5.75 Å². The smallest absolute Gasteiger partial charge is 0.156 e. The van der Waals surface area contributed by atoms with Gasteiger partial charge in [-0.25, -0.2) is 0 Å². The number of thiol groups is 1. The maximum atomic E-state index is 5.99. The van der Waals surface area contributed by atoms with E-state index in [0.717, 1.165) is 5.75 Å². The monoisotopic (exact) mass is 262 g/mol. The summed E-state index contributed by atoms with van der Waals surface area (Å²) in [4.78, 5) is 0. The van der Waals surface area contributed by atoms with Gasteiger partial charge in [0.2, 0.25) is 0 Å². The summed E-state index contributed by atoms with van der Waals surface area (Å²) in [5.41, 5.74) is 0.256. The molecular formula is C11H12Cl2OS. The number of benzene rings is 1. The second-order valence-corrected chi connectivity index (χ2v) is 5.13. The molecule has 1 aromatic rings. The van der Waals surface area contributed by atoms with Gasteiger partial charge in [-0.2, -0.15) is 12.6 Å². The Balaban J connectivity index is 2.05. The van der Waals surface area contributed by atoms with Gasteiger partial charge in [-0.15, -0.1) is 0 Å². The van der Waals surface area contributed by atoms with Gasteiger partial charge in [-0.05, 0) is 30.7 Å². The van der Waals surface area contributed by atoms with Crippen molar-refractivity contribution in [2.24, 2.45) is 5.41 Å². The lowest BCUT2D eigenvalue weighted by atomic mass is 10.2. The number of rotatable bonds is 4. The van der Waals surface area contributed by atoms with Crippen LogP contribution in [0.15, 0.2) is 18.2 Å². The Labute approximate surface area is 105 Å². The van der Waals surface area contributed by atoms with Crippen molar-refractivity contribution in [1.82, 2.24) is 0 Å². The van der Waals surface area contributed by atoms with E-state index in [-0.39, 0.29) is 5.41 Å². The summed E-state index contributed by atoms with van der Waals surface area (Å²) in [5, 5.41) is 1.13. The van der Waals surface area contributed by atoms with Gasteiger partial charge in [0.15, 0.2) is 5.75 Å². The van der Waals surface area contributed by atoms with Crippen molar-refractivity contribution in [1.29, 1.82) is 0 Å². The van der Waals surface area contributed by atoms with E-state index in [1.54, 1.807) is 12.1 Å². The van der Waals surface area contributed by atoms with E-state index in [9.17, 15) is 0 Å². The van der Waals surface area contributed by atoms with Gasteiger partial charge >= 0.3 is 0 Å². The van der Waals surface area contributed by atoms with E-state index < -0.39 is 0 Å². The molecule has 0 atom stereocenters. The van der Waals surface area contributed by atoms with Crippen molar-refractivity contribution in [3.05, 3.63) is 28.2 Å². The average molecular weight is 263 g/mol. The Morgan fingerprint density at radius 1 is 1.27 bits per heavy atom. The zero-order valence-electron chi connectivity index (χ0n) is 8.17. The summed E-state index contributed by atoms with van der Waals surface area (Å²) in [6.45, 7) is 0.653. The second-order valence-electron chi connectivity index (χ2n) is 4.00. The fourth-order valence-electron chi connectivity index (χ4n) is 1.37. The van der Waals surface area contributed by atoms with Crippen LogP contribution in [0.3, 0.4) is 0 Å². The third-order valence-corrected chi connectivity index (χ3v) is 4.00. The Morgan fingerprint density at radius 3 is 2.33 bits per heavy atom. The van der Waals surface area contributed by atoms with Crippen molar-refractivity contribution in [3.63, 3.8) is 0 Å². The van der Waals surface area contributed by atoms with E-state index >= 15 is 0 Å². The average Bonchev–Trinajstić information content (AvgIpc) is 2.98. The Bertz CT molecular complexity index is 343. The molecule has 1 aliphatic rings. The number of para-hydroxylation sites is 1. The lowest BCUT2D eigenvalue weighted by Gasteiger charge is -2.15. The molecule has 0 spiro atoms. The molecule has 82 valence electrons. The van der Waals surface area contributed by atoms with Crippen molar-refractivity contribution in [2.75, 3.05) is 12.4 Å². The first kappa shape index (κ1) is 11.4. The van der Waals surface area contributed by atoms with E-state index in [2.05, 4.69) is 12.6 Å². The van der Waals surface area contributed by atoms with Gasteiger partial charge in [0.05, 0.1) is 16.7 Å². The minimum atomic E-state index is 0.256. The molecule has 1 aliphatic carbocycles. The van der Waals surface area contributed by atoms with Crippen molar-refractivity contribution < 1.29 is 4.74 Å². The summed E-state index contributed by atoms with van der Waals surface area (Å²) >= 11 is 16.3. The lowest BCUT2D eigenvalue weighted by Crippen LogP contribution is -2.14. The summed E-state index contributed by atoms with van der Waals surface area (Å²) in [6, 6.07) is 5.37. The molecule has 2 rings (SSSR count). The summed E-state index contributed by atoms with van der Waals surface area (Å²) < 4.78 is 5.67. The first-order valence-electron chi connectivity index (χ1n) is 4.85. The van der Waals surface area contributed by atoms with E-state index in [1.807, 2.05) is 6.07 Å². The number of halogens is 2. The molecule has 1 fully saturated rings. The predicted octanol–water partition coefficient (Wildman–Crippen LogP) is 4.08. The maximum absolute atomic E-state index is 5.99. The molecule has 0 aromatic heterocycles. The van der Waals surface area contributed by atoms with Gasteiger partial charge in [-0.1, -0.05) is 29.3 Å². The number of hydrogen-bond acceptors (Lipinski definition) is 2. The zero-order chi connectivity index (χ0) is 10.9. The Hall–Kier alpha value is -0.0500. The summed E-state index contributed by atoms with van der Waals surface area (Å²) in [5.74, 6) is 1.45. The highest BCUT2D eigenvalue weighted by atomic mass is 35.5. The summed E-state index contributed by atoms with van der Waals surface area (Å²) in [7, 11) is 0. The first-order chi connectivity index (χ1) is 7.17. The van der Waals surface area contributed by atoms with E-state index in [4.69, 9.17) is 27.9 Å². The Morgan fingerprint density at radius 2 is 1.87 bits per heavy atom. The molecule has 0 saturated heterocycles. The van der Waals surface area contributed by atoms with Gasteiger partial charge in [0.1, 0.15) is 0 Å². The molecule has 0 aliphatic heterocycles. The van der Waals surface area contributed by atoms with Crippen molar-refractivity contribution in [2.45, 2.75) is 12.8 Å². The molecule has 0 heterocycles. The van der Waals surface area contributed by atoms with Crippen LogP contribution >= 0.6 is 35.8 Å². The fraction of sp³-hybridized carbons (Fsp3) is 0.455. The van der Waals surface area contributed by atoms with Gasteiger partial charge in [0, 0.05) is 5.41 Å². The minimum Gasteiger partial charge on any atom is -0.490 e.